The standard InChI is InChI=1S/C19H26BNO7/c1-5-15(24)21-14-10-11-6-7-12(22)16(17(11)28-20(14)26)13(23)8-9-27-18(25)19(2,3)4/h6-7,14,22,26H,5,8-10H2,1-4H3,(H,21,24)/t14-/m0/s1. The normalized spacial score (nSPS) is 16.0. The molecule has 0 saturated heterocycles. The Labute approximate surface area is 164 Å². The predicted octanol–water partition coefficient (Wildman–Crippen LogP) is 1.40. The van der Waals surface area contributed by atoms with Crippen molar-refractivity contribution in [1.29, 1.82) is 0 Å². The molecule has 1 aliphatic heterocycles. The number of hydrogen-bond donors (Lipinski definition) is 3. The summed E-state index contributed by atoms with van der Waals surface area (Å²) >= 11 is 0. The fraction of sp³-hybridized carbons (Fsp3) is 0.526. The number of nitrogens with one attached hydrogen (secondary N) is 1. The molecule has 0 bridgehead atoms. The Kier molecular flexibility index (Phi) is 6.71. The Morgan fingerprint density at radius 3 is 2.61 bits per heavy atom. The molecule has 1 aliphatic rings. The Bertz CT molecular complexity index is 772. The van der Waals surface area contributed by atoms with E-state index in [4.69, 9.17) is 9.39 Å². The van der Waals surface area contributed by atoms with Crippen LogP contribution < -0.4 is 9.97 Å². The van der Waals surface area contributed by atoms with E-state index in [1.54, 1.807) is 33.8 Å². The van der Waals surface area contributed by atoms with Crippen LogP contribution in [0.25, 0.3) is 0 Å². The van der Waals surface area contributed by atoms with Crippen LogP contribution in [0, 0.1) is 5.41 Å². The molecule has 152 valence electrons. The molecule has 0 radical (unpaired) electrons. The third kappa shape index (κ3) is 5.04. The SMILES string of the molecule is CCC(=O)N[C@H]1Cc2ccc(O)c(C(=O)CCOC(=O)C(C)(C)C)c2OB1O. The molecule has 2 rings (SSSR count). The van der Waals surface area contributed by atoms with Gasteiger partial charge in [0.05, 0.1) is 23.5 Å². The highest BCUT2D eigenvalue weighted by molar-refractivity contribution is 6.47. The van der Waals surface area contributed by atoms with Gasteiger partial charge in [-0.1, -0.05) is 13.0 Å². The van der Waals surface area contributed by atoms with Crippen LogP contribution in [0.3, 0.4) is 0 Å². The van der Waals surface area contributed by atoms with Crippen molar-refractivity contribution in [2.45, 2.75) is 52.9 Å². The summed E-state index contributed by atoms with van der Waals surface area (Å²) in [5, 5.41) is 23.0. The molecule has 0 aliphatic carbocycles. The van der Waals surface area contributed by atoms with E-state index in [-0.39, 0.29) is 48.8 Å². The van der Waals surface area contributed by atoms with Crippen LogP contribution in [0.4, 0.5) is 0 Å². The Morgan fingerprint density at radius 1 is 1.32 bits per heavy atom. The number of phenols is 1. The van der Waals surface area contributed by atoms with Crippen molar-refractivity contribution in [2.24, 2.45) is 5.41 Å². The summed E-state index contributed by atoms with van der Waals surface area (Å²) < 4.78 is 10.6. The molecule has 0 unspecified atom stereocenters. The lowest BCUT2D eigenvalue weighted by Gasteiger charge is -2.29. The molecule has 1 heterocycles. The Hall–Kier alpha value is -2.55. The van der Waals surface area contributed by atoms with Gasteiger partial charge < -0.3 is 24.8 Å². The number of carbonyl (C=O) groups excluding carboxylic acids is 3. The molecule has 0 fully saturated rings. The summed E-state index contributed by atoms with van der Waals surface area (Å²) in [4.78, 5) is 36.0. The zero-order chi connectivity index (χ0) is 21.1. The van der Waals surface area contributed by atoms with Gasteiger partial charge in [0.25, 0.3) is 0 Å². The van der Waals surface area contributed by atoms with Gasteiger partial charge >= 0.3 is 13.1 Å². The van der Waals surface area contributed by atoms with Crippen molar-refractivity contribution < 1.29 is 33.9 Å². The lowest BCUT2D eigenvalue weighted by molar-refractivity contribution is -0.152. The van der Waals surface area contributed by atoms with Crippen molar-refractivity contribution in [3.63, 3.8) is 0 Å². The second-order valence-electron chi connectivity index (χ2n) is 7.75. The van der Waals surface area contributed by atoms with E-state index in [0.717, 1.165) is 0 Å². The molecule has 9 heteroatoms. The third-order valence-electron chi connectivity index (χ3n) is 4.36. The molecule has 3 N–H and O–H groups in total. The van der Waals surface area contributed by atoms with Crippen molar-refractivity contribution in [1.82, 2.24) is 5.32 Å². The van der Waals surface area contributed by atoms with Crippen LogP contribution in [0.1, 0.15) is 56.5 Å². The van der Waals surface area contributed by atoms with Crippen molar-refractivity contribution in [2.75, 3.05) is 6.61 Å². The predicted molar refractivity (Wildman–Crippen MR) is 102 cm³/mol. The smallest absolute Gasteiger partial charge is 0.534 e. The van der Waals surface area contributed by atoms with E-state index in [9.17, 15) is 24.5 Å². The lowest BCUT2D eigenvalue weighted by atomic mass is 9.72. The summed E-state index contributed by atoms with van der Waals surface area (Å²) in [6, 6.07) is 2.95. The molecule has 0 aromatic heterocycles. The van der Waals surface area contributed by atoms with E-state index in [0.29, 0.717) is 5.56 Å². The van der Waals surface area contributed by atoms with E-state index < -0.39 is 30.2 Å². The summed E-state index contributed by atoms with van der Waals surface area (Å²) in [5.41, 5.74) is -0.161. The van der Waals surface area contributed by atoms with E-state index in [2.05, 4.69) is 5.32 Å². The van der Waals surface area contributed by atoms with Crippen LogP contribution >= 0.6 is 0 Å². The molecule has 1 amide bonds. The maximum Gasteiger partial charge on any atom is 0.547 e. The minimum absolute atomic E-state index is 0.0661. The maximum absolute atomic E-state index is 12.6. The number of ether oxygens (including phenoxy) is 1. The monoisotopic (exact) mass is 391 g/mol. The number of rotatable bonds is 6. The Balaban J connectivity index is 2.14. The first-order chi connectivity index (χ1) is 13.0. The fourth-order valence-electron chi connectivity index (χ4n) is 2.73. The first kappa shape index (κ1) is 21.8. The van der Waals surface area contributed by atoms with E-state index in [1.807, 2.05) is 0 Å². The molecule has 28 heavy (non-hydrogen) atoms. The molecule has 8 nitrogen and oxygen atoms in total. The molecule has 1 atom stereocenters. The highest BCUT2D eigenvalue weighted by Crippen LogP contribution is 2.36. The zero-order valence-electron chi connectivity index (χ0n) is 16.6. The number of fused-ring (bicyclic) bond motifs is 1. The minimum Gasteiger partial charge on any atom is -0.534 e. The number of Topliss-reactive ketones (excluding diaryl/α,β-unsaturated/α-hetero) is 1. The van der Waals surface area contributed by atoms with Gasteiger partial charge in [-0.3, -0.25) is 14.4 Å². The largest absolute Gasteiger partial charge is 0.547 e. The van der Waals surface area contributed by atoms with Crippen LogP contribution in [0.5, 0.6) is 11.5 Å². The number of amides is 1. The van der Waals surface area contributed by atoms with Gasteiger partial charge in [-0.2, -0.15) is 0 Å². The Morgan fingerprint density at radius 2 is 2.00 bits per heavy atom. The topological polar surface area (TPSA) is 122 Å². The lowest BCUT2D eigenvalue weighted by Crippen LogP contribution is -2.53. The minimum atomic E-state index is -1.35. The van der Waals surface area contributed by atoms with Gasteiger partial charge in [0.2, 0.25) is 5.91 Å². The molecular weight excluding hydrogens is 365 g/mol. The van der Waals surface area contributed by atoms with Crippen molar-refractivity contribution in [3.8, 4) is 11.5 Å². The first-order valence-electron chi connectivity index (χ1n) is 9.24. The quantitative estimate of drug-likeness (QED) is 0.381. The number of phenolic OH excluding ortho intramolecular Hbond substituents is 1. The average Bonchev–Trinajstić information content (AvgIpc) is 2.61. The van der Waals surface area contributed by atoms with Gasteiger partial charge in [-0.15, -0.1) is 0 Å². The van der Waals surface area contributed by atoms with Gasteiger partial charge in [0, 0.05) is 12.8 Å². The summed E-state index contributed by atoms with van der Waals surface area (Å²) in [7, 11) is -1.35. The highest BCUT2D eigenvalue weighted by Gasteiger charge is 2.38. The van der Waals surface area contributed by atoms with Crippen molar-refractivity contribution >= 4 is 24.8 Å². The second-order valence-corrected chi connectivity index (χ2v) is 7.75. The summed E-state index contributed by atoms with van der Waals surface area (Å²) in [6.07, 6.45) is 0.381. The first-order valence-corrected chi connectivity index (χ1v) is 9.24. The average molecular weight is 391 g/mol. The molecular formula is C19H26BNO7. The third-order valence-corrected chi connectivity index (χ3v) is 4.36. The van der Waals surface area contributed by atoms with Gasteiger partial charge in [0.1, 0.15) is 11.5 Å². The summed E-state index contributed by atoms with van der Waals surface area (Å²) in [5.74, 6) is -1.98. The van der Waals surface area contributed by atoms with Gasteiger partial charge in [0.15, 0.2) is 5.78 Å². The number of carbonyl (C=O) groups is 3. The van der Waals surface area contributed by atoms with Crippen LogP contribution in [-0.4, -0.2) is 47.5 Å². The number of esters is 1. The fourth-order valence-corrected chi connectivity index (χ4v) is 2.73. The molecule has 1 aromatic rings. The zero-order valence-corrected chi connectivity index (χ0v) is 16.6. The van der Waals surface area contributed by atoms with Crippen molar-refractivity contribution in [3.05, 3.63) is 23.3 Å². The van der Waals surface area contributed by atoms with Crippen LogP contribution in [0.2, 0.25) is 0 Å². The maximum atomic E-state index is 12.6. The molecule has 1 aromatic carbocycles. The molecule has 0 spiro atoms. The number of aromatic hydroxyl groups is 1. The molecule has 0 saturated carbocycles. The number of benzene rings is 1. The van der Waals surface area contributed by atoms with E-state index >= 15 is 0 Å². The van der Waals surface area contributed by atoms with Gasteiger partial charge in [-0.25, -0.2) is 0 Å². The van der Waals surface area contributed by atoms with Crippen LogP contribution in [0.15, 0.2) is 12.1 Å². The van der Waals surface area contributed by atoms with E-state index in [1.165, 1.54) is 6.07 Å². The summed E-state index contributed by atoms with van der Waals surface area (Å²) in [6.45, 7) is 6.69. The number of hydrogen-bond acceptors (Lipinski definition) is 7. The highest BCUT2D eigenvalue weighted by atomic mass is 16.5. The number of ketones is 1. The van der Waals surface area contributed by atoms with Gasteiger partial charge in [-0.05, 0) is 38.8 Å². The second kappa shape index (κ2) is 8.64. The van der Waals surface area contributed by atoms with Crippen LogP contribution in [-0.2, 0) is 20.7 Å².